The van der Waals surface area contributed by atoms with Crippen LogP contribution < -0.4 is 33.3 Å². The van der Waals surface area contributed by atoms with Gasteiger partial charge in [0, 0.05) is 67.0 Å². The van der Waals surface area contributed by atoms with Crippen LogP contribution in [0.3, 0.4) is 0 Å². The first-order valence-corrected chi connectivity index (χ1v) is 229. The summed E-state index contributed by atoms with van der Waals surface area (Å²) in [4.78, 5) is 7.79. The number of fused-ring (bicyclic) bond motifs is 6. The number of nitrogens with zero attached hydrogens (tertiary/aromatic N) is 3. The summed E-state index contributed by atoms with van der Waals surface area (Å²) in [7, 11) is -6.36. The van der Waals surface area contributed by atoms with Crippen molar-refractivity contribution in [3.63, 3.8) is 0 Å². The summed E-state index contributed by atoms with van der Waals surface area (Å²) in [6.45, 7) is 55.6. The van der Waals surface area contributed by atoms with Crippen molar-refractivity contribution < 1.29 is 13.3 Å². The van der Waals surface area contributed by atoms with Crippen LogP contribution in [-0.4, -0.2) is 11.1 Å². The fourth-order valence-corrected chi connectivity index (χ4v) is 5260. The van der Waals surface area contributed by atoms with Gasteiger partial charge in [0.15, 0.2) is 0 Å². The number of aryl methyl sites for hydroxylation is 2. The van der Waals surface area contributed by atoms with Crippen molar-refractivity contribution in [1.82, 2.24) is 0 Å². The van der Waals surface area contributed by atoms with Gasteiger partial charge in [-0.05, 0) is 239 Å². The van der Waals surface area contributed by atoms with Crippen LogP contribution in [0.1, 0.15) is 259 Å². The van der Waals surface area contributed by atoms with Gasteiger partial charge in [-0.3, -0.25) is 0 Å². The molecule has 1 N–H and O–H groups in total. The molecule has 0 aromatic heterocycles. The van der Waals surface area contributed by atoms with Gasteiger partial charge in [-0.2, -0.15) is 0 Å². The molecule has 2 fully saturated rings. The molecule has 4 aliphatic rings. The molecule has 0 amide bonds. The summed E-state index contributed by atoms with van der Waals surface area (Å²) in [5, 5.41) is 4.29. The van der Waals surface area contributed by atoms with Gasteiger partial charge >= 0.3 is 422 Å². The van der Waals surface area contributed by atoms with Crippen molar-refractivity contribution in [2.45, 2.75) is 272 Å². The summed E-state index contributed by atoms with van der Waals surface area (Å²) in [5.41, 5.74) is 26.2. The zero-order valence-electron chi connectivity index (χ0n) is 74.8. The van der Waals surface area contributed by atoms with E-state index < -0.39 is 103 Å². The van der Waals surface area contributed by atoms with Gasteiger partial charge in [0.05, 0.1) is 11.1 Å². The monoisotopic (exact) mass is 5220 g/mol. The molecule has 126 heavy (non-hydrogen) atoms. The standard InChI is InChI=1S/C45H58N2.C25H32ClN.C20H27N.I31/c1-31-27-37(46(35-20-15-32(16-21-35)41(2,3)4)36-22-17-33(18-23-36)42(5,6)7)30-38(28-31)47-40-24-19-34(43(8,9)10)29-39(40)44(11)25-13-14-26-45(44,47)12;1-17-13-19(26)16-20(14-17)27-22-10-9-18(23(2,3)4)15-21(22)24(5)11-7-8-12-25(24,27)6;1-19(2,3)15-7-11-17(12-8-15)21-18-13-9-16(10-14-18)20(4,5)6;1-17-19(4)21(6)23(8)25(10)27(12)29(14)31(16)30(15)28(13)26(11)24(9)22(7)20(5)18(2)3/h15-24,27-30H,13-14,25-26H2,1-12H3;9-10,13-16H,7-8,11-12H2,1-6H3;7-14,21H,1-6H3;/q;;;-1. The van der Waals surface area contributed by atoms with E-state index >= 15 is 0 Å². The van der Waals surface area contributed by atoms with E-state index in [0.29, 0.717) is 13.3 Å². The number of halogens is 32. The van der Waals surface area contributed by atoms with Crippen molar-refractivity contribution in [2.24, 2.45) is 0 Å². The Labute approximate surface area is 977 Å². The molecule has 722 valence electrons. The SMILES string of the molecule is CC(C)(C)c1ccc(Nc2ccc(C(C)(C)C)cc2)cc1.Cc1cc(Cl)cc(N2c3ccc(C(C)(C)C)cc3C3(C)CCCCC23C)c1.Cc1cc(N(c2ccc(C(C)(C)C)cc2)c2ccc(C(C)(C)C)cc2)cc(N2c3ccc(C(C)(C)C)cc3C3(C)CCCCC23C)c1.I[I-]I(I)I(I)I(I)I(I)I(I)I(I)I(I)I(I)I(I)I(I)I(I)I(I)I(I)I(I)I. The van der Waals surface area contributed by atoms with E-state index in [4.69, 9.17) is 11.6 Å². The van der Waals surface area contributed by atoms with Gasteiger partial charge in [-0.25, -0.2) is 0 Å². The molecule has 0 saturated heterocycles. The second-order valence-corrected chi connectivity index (χ2v) is 737. The fraction of sp³-hybridized carbons (Fsp3) is 0.467. The average Bonchev–Trinajstić information content (AvgIpc) is 1.54. The normalized spacial score (nSPS) is 20.4. The molecule has 36 heteroatoms. The van der Waals surface area contributed by atoms with E-state index in [1.807, 2.05) is 6.07 Å². The molecule has 2 aliphatic heterocycles. The summed E-state index contributed by atoms with van der Waals surface area (Å²) in [5.74, 6) is 0. The van der Waals surface area contributed by atoms with Gasteiger partial charge in [-0.1, -0.05) is 249 Å². The van der Waals surface area contributed by atoms with Crippen molar-refractivity contribution in [1.29, 1.82) is 0 Å². The van der Waals surface area contributed by atoms with Crippen LogP contribution in [0.4, 0.5) is 51.2 Å². The van der Waals surface area contributed by atoms with Crippen molar-refractivity contribution >= 4 is 471 Å². The molecule has 0 radical (unpaired) electrons. The zero-order chi connectivity index (χ0) is 94.2. The van der Waals surface area contributed by atoms with Crippen molar-refractivity contribution in [2.75, 3.05) is 20.0 Å². The molecule has 0 spiro atoms. The predicted octanol–water partition coefficient (Wildman–Crippen LogP) is 50.4. The van der Waals surface area contributed by atoms with Crippen molar-refractivity contribution in [3.05, 3.63) is 231 Å². The number of hydrogen-bond donors (Lipinski definition) is 1. The molecule has 4 unspecified atom stereocenters. The van der Waals surface area contributed by atoms with Crippen LogP contribution in [0, 0.1) is 13.8 Å². The van der Waals surface area contributed by atoms with E-state index in [0.717, 1.165) is 16.4 Å². The average molecular weight is 5220 g/mol. The maximum absolute atomic E-state index is 6.47. The minimum absolute atomic E-state index is 0.00268. The third kappa shape index (κ3) is 32.6. The summed E-state index contributed by atoms with van der Waals surface area (Å²) in [6.07, 6.45) is 10.1. The summed E-state index contributed by atoms with van der Waals surface area (Å²) < 4.78 is 0. The van der Waals surface area contributed by atoms with E-state index in [1.54, 1.807) is 0 Å². The molecule has 12 rings (SSSR count). The first-order chi connectivity index (χ1) is 58.2. The Kier molecular flexibility index (Phi) is 54.2. The second kappa shape index (κ2) is 54.5. The van der Waals surface area contributed by atoms with Gasteiger partial charge in [0.1, 0.15) is 0 Å². The molecule has 0 bridgehead atoms. The Balaban J connectivity index is 0.000000199. The van der Waals surface area contributed by atoms with Crippen LogP contribution in [0.2, 0.25) is 5.02 Å². The Hall–Kier alpha value is 15.9. The number of nitrogens with one attached hydrogen (secondary N) is 1. The number of benzene rings is 8. The maximum atomic E-state index is 6.47. The zero-order valence-corrected chi connectivity index (χ0v) is 142. The topological polar surface area (TPSA) is 21.8 Å². The summed E-state index contributed by atoms with van der Waals surface area (Å²) >= 11 is 57.7. The molecule has 8 aromatic carbocycles. The molecule has 8 aromatic rings. The van der Waals surface area contributed by atoms with Gasteiger partial charge in [0.25, 0.3) is 0 Å². The first kappa shape index (κ1) is 125. The van der Waals surface area contributed by atoms with E-state index in [-0.39, 0.29) is 62.3 Å². The summed E-state index contributed by atoms with van der Waals surface area (Å²) in [6, 6.07) is 64.1. The predicted molar refractivity (Wildman–Crippen MR) is 837 cm³/mol. The molecule has 2 aliphatic carbocycles. The number of rotatable bonds is 21. The van der Waals surface area contributed by atoms with Gasteiger partial charge in [0.2, 0.25) is 0 Å². The van der Waals surface area contributed by atoms with Gasteiger partial charge in [-0.15, -0.1) is 0 Å². The fourth-order valence-electron chi connectivity index (χ4n) is 16.4. The van der Waals surface area contributed by atoms with E-state index in [2.05, 4.69) is 648 Å². The molecule has 2 heterocycles. The van der Waals surface area contributed by atoms with Crippen LogP contribution >= 0.6 is 420 Å². The van der Waals surface area contributed by atoms with E-state index in [1.165, 1.54) is 147 Å². The number of anilines is 9. The molecule has 2 saturated carbocycles. The molecule has 4 nitrogen and oxygen atoms in total. The van der Waals surface area contributed by atoms with Crippen molar-refractivity contribution in [3.8, 4) is 0 Å². The van der Waals surface area contributed by atoms with Crippen LogP contribution in [0.5, 0.6) is 0 Å². The van der Waals surface area contributed by atoms with Crippen LogP contribution in [0.15, 0.2) is 170 Å². The third-order valence-electron chi connectivity index (χ3n) is 23.7. The molecule has 4 atom stereocenters. The number of hydrogen-bond acceptors (Lipinski definition) is 4. The Morgan fingerprint density at radius 1 is 0.325 bits per heavy atom. The Morgan fingerprint density at radius 3 is 0.905 bits per heavy atom. The van der Waals surface area contributed by atoms with Crippen LogP contribution in [0.25, 0.3) is 0 Å². The second-order valence-electron chi connectivity index (χ2n) is 38.3. The third-order valence-corrected chi connectivity index (χ3v) is 2250. The molecular formula is C90H117ClI31N4-. The van der Waals surface area contributed by atoms with Crippen LogP contribution in [-0.2, 0) is 43.3 Å². The first-order valence-electron chi connectivity index (χ1n) is 40.1. The minimum atomic E-state index is -0.489. The van der Waals surface area contributed by atoms with Gasteiger partial charge < -0.3 is 20.0 Å². The Bertz CT molecular complexity index is 4810. The molecular weight excluding hydrogens is 5110 g/mol. The quantitative estimate of drug-likeness (QED) is 0.0724. The van der Waals surface area contributed by atoms with E-state index in [9.17, 15) is 0 Å². The Morgan fingerprint density at radius 2 is 0.603 bits per heavy atom.